The lowest BCUT2D eigenvalue weighted by atomic mass is 10.1. The summed E-state index contributed by atoms with van der Waals surface area (Å²) in [4.78, 5) is 12.3. The zero-order chi connectivity index (χ0) is 14.7. The van der Waals surface area contributed by atoms with Gasteiger partial charge in [0.05, 0.1) is 6.04 Å². The van der Waals surface area contributed by atoms with Crippen LogP contribution in [0.4, 0.5) is 0 Å². The quantitative estimate of drug-likeness (QED) is 0.836. The third kappa shape index (κ3) is 3.62. The predicted molar refractivity (Wildman–Crippen MR) is 86.2 cm³/mol. The van der Waals surface area contributed by atoms with Gasteiger partial charge in [0, 0.05) is 15.1 Å². The molecular weight excluding hydrogens is 338 g/mol. The molecule has 2 nitrogen and oxygen atoms in total. The second-order valence-corrected chi connectivity index (χ2v) is 6.06. The molecule has 104 valence electrons. The summed E-state index contributed by atoms with van der Waals surface area (Å²) in [5, 5.41) is 3.62. The fourth-order valence-electron chi connectivity index (χ4n) is 2.05. The maximum atomic E-state index is 12.3. The number of rotatable bonds is 3. The number of nitrogens with one attached hydrogen (secondary N) is 1. The van der Waals surface area contributed by atoms with Gasteiger partial charge in [-0.3, -0.25) is 4.79 Å². The second-order valence-electron chi connectivity index (χ2n) is 4.73. The summed E-state index contributed by atoms with van der Waals surface area (Å²) >= 11 is 9.54. The van der Waals surface area contributed by atoms with Gasteiger partial charge in [-0.05, 0) is 49.2 Å². The molecule has 0 aliphatic heterocycles. The predicted octanol–water partition coefficient (Wildman–Crippen LogP) is 4.90. The molecule has 0 bridgehead atoms. The van der Waals surface area contributed by atoms with Gasteiger partial charge in [0.15, 0.2) is 0 Å². The third-order valence-corrected chi connectivity index (χ3v) is 3.83. The van der Waals surface area contributed by atoms with E-state index in [0.29, 0.717) is 10.6 Å². The highest BCUT2D eigenvalue weighted by Gasteiger charge is 2.14. The Morgan fingerprint density at radius 3 is 2.60 bits per heavy atom. The molecule has 2 aromatic carbocycles. The standard InChI is InChI=1S/C16H15BrClNO/c1-10-7-12(9-13(17)8-10)16(20)19-11(2)14-5-3-4-6-15(14)18/h3-9,11H,1-2H3,(H,19,20). The SMILES string of the molecule is Cc1cc(Br)cc(C(=O)NC(C)c2ccccc2Cl)c1. The van der Waals surface area contributed by atoms with Crippen LogP contribution in [0.5, 0.6) is 0 Å². The highest BCUT2D eigenvalue weighted by Crippen LogP contribution is 2.23. The van der Waals surface area contributed by atoms with Gasteiger partial charge in [0.25, 0.3) is 5.91 Å². The van der Waals surface area contributed by atoms with Crippen LogP contribution in [0.1, 0.15) is 34.5 Å². The van der Waals surface area contributed by atoms with Crippen LogP contribution in [0, 0.1) is 6.92 Å². The fourth-order valence-corrected chi connectivity index (χ4v) is 2.96. The van der Waals surface area contributed by atoms with Crippen molar-refractivity contribution >= 4 is 33.4 Å². The van der Waals surface area contributed by atoms with E-state index in [2.05, 4.69) is 21.2 Å². The van der Waals surface area contributed by atoms with E-state index in [0.717, 1.165) is 15.6 Å². The van der Waals surface area contributed by atoms with Crippen molar-refractivity contribution in [3.8, 4) is 0 Å². The largest absolute Gasteiger partial charge is 0.345 e. The number of amides is 1. The van der Waals surface area contributed by atoms with Gasteiger partial charge in [-0.2, -0.15) is 0 Å². The maximum Gasteiger partial charge on any atom is 0.251 e. The van der Waals surface area contributed by atoms with Crippen LogP contribution in [-0.2, 0) is 0 Å². The lowest BCUT2D eigenvalue weighted by Crippen LogP contribution is -2.26. The zero-order valence-corrected chi connectivity index (χ0v) is 13.6. The smallest absolute Gasteiger partial charge is 0.251 e. The topological polar surface area (TPSA) is 29.1 Å². The molecule has 0 aromatic heterocycles. The number of aryl methyl sites for hydroxylation is 1. The second kappa shape index (κ2) is 6.42. The summed E-state index contributed by atoms with van der Waals surface area (Å²) in [6.07, 6.45) is 0. The first kappa shape index (κ1) is 15.1. The van der Waals surface area contributed by atoms with E-state index in [1.807, 2.05) is 56.3 Å². The number of halogens is 2. The van der Waals surface area contributed by atoms with Gasteiger partial charge in [-0.15, -0.1) is 0 Å². The number of carbonyl (C=O) groups excluding carboxylic acids is 1. The summed E-state index contributed by atoms with van der Waals surface area (Å²) in [5.74, 6) is -0.109. The number of hydrogen-bond acceptors (Lipinski definition) is 1. The molecule has 20 heavy (non-hydrogen) atoms. The van der Waals surface area contributed by atoms with E-state index >= 15 is 0 Å². The van der Waals surface area contributed by atoms with E-state index in [9.17, 15) is 4.79 Å². The minimum atomic E-state index is -0.143. The van der Waals surface area contributed by atoms with Crippen LogP contribution in [0.2, 0.25) is 5.02 Å². The minimum Gasteiger partial charge on any atom is -0.345 e. The zero-order valence-electron chi connectivity index (χ0n) is 11.3. The number of hydrogen-bond donors (Lipinski definition) is 1. The van der Waals surface area contributed by atoms with Crippen molar-refractivity contribution in [3.05, 3.63) is 68.7 Å². The van der Waals surface area contributed by atoms with E-state index < -0.39 is 0 Å². The molecule has 0 radical (unpaired) electrons. The molecule has 0 fully saturated rings. The number of carbonyl (C=O) groups is 1. The summed E-state index contributed by atoms with van der Waals surface area (Å²) in [6, 6.07) is 13.0. The number of benzene rings is 2. The van der Waals surface area contributed by atoms with Crippen molar-refractivity contribution < 1.29 is 4.79 Å². The van der Waals surface area contributed by atoms with Crippen molar-refractivity contribution in [1.29, 1.82) is 0 Å². The summed E-state index contributed by atoms with van der Waals surface area (Å²) in [7, 11) is 0. The van der Waals surface area contributed by atoms with Crippen molar-refractivity contribution in [2.24, 2.45) is 0 Å². The maximum absolute atomic E-state index is 12.3. The normalized spacial score (nSPS) is 12.0. The Hall–Kier alpha value is -1.32. The highest BCUT2D eigenvalue weighted by atomic mass is 79.9. The average molecular weight is 353 g/mol. The first-order chi connectivity index (χ1) is 9.47. The lowest BCUT2D eigenvalue weighted by molar-refractivity contribution is 0.0940. The van der Waals surface area contributed by atoms with Crippen LogP contribution in [0.25, 0.3) is 0 Å². The van der Waals surface area contributed by atoms with Crippen molar-refractivity contribution in [2.45, 2.75) is 19.9 Å². The van der Waals surface area contributed by atoms with Crippen molar-refractivity contribution in [3.63, 3.8) is 0 Å². The molecule has 1 N–H and O–H groups in total. The first-order valence-electron chi connectivity index (χ1n) is 6.30. The molecule has 0 aliphatic rings. The van der Waals surface area contributed by atoms with Gasteiger partial charge in [0.2, 0.25) is 0 Å². The minimum absolute atomic E-state index is 0.109. The fraction of sp³-hybridized carbons (Fsp3) is 0.188. The van der Waals surface area contributed by atoms with Crippen LogP contribution in [0.3, 0.4) is 0 Å². The van der Waals surface area contributed by atoms with Gasteiger partial charge in [-0.1, -0.05) is 45.7 Å². The molecule has 2 rings (SSSR count). The molecule has 0 aliphatic carbocycles. The van der Waals surface area contributed by atoms with Crippen molar-refractivity contribution in [2.75, 3.05) is 0 Å². The van der Waals surface area contributed by atoms with Gasteiger partial charge >= 0.3 is 0 Å². The summed E-state index contributed by atoms with van der Waals surface area (Å²) in [6.45, 7) is 3.88. The Labute approximate surface area is 132 Å². The molecule has 1 unspecified atom stereocenters. The average Bonchev–Trinajstić information content (AvgIpc) is 2.37. The third-order valence-electron chi connectivity index (χ3n) is 3.02. The van der Waals surface area contributed by atoms with Crippen LogP contribution in [-0.4, -0.2) is 5.91 Å². The van der Waals surface area contributed by atoms with Gasteiger partial charge < -0.3 is 5.32 Å². The monoisotopic (exact) mass is 351 g/mol. The van der Waals surface area contributed by atoms with Crippen LogP contribution >= 0.6 is 27.5 Å². The molecule has 4 heteroatoms. The molecule has 1 amide bonds. The summed E-state index contributed by atoms with van der Waals surface area (Å²) < 4.78 is 0.896. The Morgan fingerprint density at radius 2 is 1.95 bits per heavy atom. The van der Waals surface area contributed by atoms with Gasteiger partial charge in [0.1, 0.15) is 0 Å². The lowest BCUT2D eigenvalue weighted by Gasteiger charge is -2.16. The van der Waals surface area contributed by atoms with Gasteiger partial charge in [-0.25, -0.2) is 0 Å². The molecule has 1 atom stereocenters. The molecular formula is C16H15BrClNO. The summed E-state index contributed by atoms with van der Waals surface area (Å²) in [5.41, 5.74) is 2.58. The van der Waals surface area contributed by atoms with Crippen molar-refractivity contribution in [1.82, 2.24) is 5.32 Å². The van der Waals surface area contributed by atoms with Crippen LogP contribution in [0.15, 0.2) is 46.9 Å². The Morgan fingerprint density at radius 1 is 1.25 bits per heavy atom. The Balaban J connectivity index is 2.17. The molecule has 2 aromatic rings. The molecule has 0 heterocycles. The van der Waals surface area contributed by atoms with E-state index in [4.69, 9.17) is 11.6 Å². The van der Waals surface area contributed by atoms with E-state index in [-0.39, 0.29) is 11.9 Å². The molecule has 0 saturated carbocycles. The molecule has 0 saturated heterocycles. The highest BCUT2D eigenvalue weighted by molar-refractivity contribution is 9.10. The first-order valence-corrected chi connectivity index (χ1v) is 7.47. The Kier molecular flexibility index (Phi) is 4.84. The molecule has 0 spiro atoms. The van der Waals surface area contributed by atoms with E-state index in [1.165, 1.54) is 0 Å². The Bertz CT molecular complexity index is 622. The van der Waals surface area contributed by atoms with Crippen LogP contribution < -0.4 is 5.32 Å². The van der Waals surface area contributed by atoms with E-state index in [1.54, 1.807) is 0 Å².